The molecule has 6 heteroatoms. The summed E-state index contributed by atoms with van der Waals surface area (Å²) in [6, 6.07) is 8.05. The van der Waals surface area contributed by atoms with Crippen LogP contribution in [0.15, 0.2) is 33.5 Å². The zero-order valence-electron chi connectivity index (χ0n) is 12.8. The van der Waals surface area contributed by atoms with Gasteiger partial charge in [-0.15, -0.1) is 0 Å². The van der Waals surface area contributed by atoms with Crippen LogP contribution in [0.3, 0.4) is 0 Å². The molecule has 1 aromatic carbocycles. The monoisotopic (exact) mass is 430 g/mol. The van der Waals surface area contributed by atoms with Crippen LogP contribution in [0.4, 0.5) is 0 Å². The first kappa shape index (κ1) is 17.5. The third-order valence-electron chi connectivity index (χ3n) is 3.31. The second-order valence-electron chi connectivity index (χ2n) is 4.99. The molecule has 0 atom stereocenters. The Labute approximate surface area is 148 Å². The average Bonchev–Trinajstić information content (AvgIpc) is 2.80. The quantitative estimate of drug-likeness (QED) is 0.564. The number of hydrogen-bond acceptors (Lipinski definition) is 3. The van der Waals surface area contributed by atoms with Crippen molar-refractivity contribution in [2.75, 3.05) is 13.9 Å². The SMILES string of the molecule is CCCCc1nc(Br)c(Br)n1Cc1ccc(OCOC)cc1. The highest BCUT2D eigenvalue weighted by Crippen LogP contribution is 2.26. The lowest BCUT2D eigenvalue weighted by Gasteiger charge is -2.10. The van der Waals surface area contributed by atoms with E-state index in [-0.39, 0.29) is 6.79 Å². The molecule has 0 bridgehead atoms. The molecule has 4 nitrogen and oxygen atoms in total. The molecule has 0 aliphatic rings. The Morgan fingerprint density at radius 2 is 1.91 bits per heavy atom. The van der Waals surface area contributed by atoms with Gasteiger partial charge in [0.2, 0.25) is 0 Å². The van der Waals surface area contributed by atoms with E-state index in [1.807, 2.05) is 12.1 Å². The first-order valence-electron chi connectivity index (χ1n) is 7.26. The highest BCUT2D eigenvalue weighted by atomic mass is 79.9. The van der Waals surface area contributed by atoms with Gasteiger partial charge in [-0.1, -0.05) is 25.5 Å². The minimum absolute atomic E-state index is 0.264. The molecule has 0 aliphatic heterocycles. The predicted octanol–water partition coefficient (Wildman–Crippen LogP) is 4.78. The van der Waals surface area contributed by atoms with Gasteiger partial charge in [-0.2, -0.15) is 0 Å². The number of nitrogens with zero attached hydrogens (tertiary/aromatic N) is 2. The van der Waals surface area contributed by atoms with Gasteiger partial charge >= 0.3 is 0 Å². The highest BCUT2D eigenvalue weighted by molar-refractivity contribution is 9.13. The van der Waals surface area contributed by atoms with Crippen molar-refractivity contribution in [1.82, 2.24) is 9.55 Å². The summed E-state index contributed by atoms with van der Waals surface area (Å²) in [4.78, 5) is 4.59. The fraction of sp³-hybridized carbons (Fsp3) is 0.438. The van der Waals surface area contributed by atoms with Gasteiger partial charge in [-0.25, -0.2) is 4.98 Å². The van der Waals surface area contributed by atoms with Crippen LogP contribution in [0, 0.1) is 0 Å². The van der Waals surface area contributed by atoms with Crippen LogP contribution in [-0.4, -0.2) is 23.5 Å². The Morgan fingerprint density at radius 1 is 1.18 bits per heavy atom. The van der Waals surface area contributed by atoms with E-state index in [1.165, 1.54) is 5.56 Å². The minimum atomic E-state index is 0.264. The van der Waals surface area contributed by atoms with Crippen LogP contribution >= 0.6 is 31.9 Å². The molecule has 0 radical (unpaired) electrons. The highest BCUT2D eigenvalue weighted by Gasteiger charge is 2.13. The molecule has 0 saturated heterocycles. The van der Waals surface area contributed by atoms with Crippen LogP contribution in [0.2, 0.25) is 0 Å². The molecule has 22 heavy (non-hydrogen) atoms. The largest absolute Gasteiger partial charge is 0.468 e. The van der Waals surface area contributed by atoms with Crippen molar-refractivity contribution in [1.29, 1.82) is 0 Å². The van der Waals surface area contributed by atoms with Crippen molar-refractivity contribution in [3.05, 3.63) is 44.9 Å². The normalized spacial score (nSPS) is 10.9. The maximum Gasteiger partial charge on any atom is 0.188 e. The van der Waals surface area contributed by atoms with Gasteiger partial charge in [0.15, 0.2) is 6.79 Å². The van der Waals surface area contributed by atoms with Crippen LogP contribution in [-0.2, 0) is 17.7 Å². The molecule has 0 N–H and O–H groups in total. The average molecular weight is 432 g/mol. The number of imidazole rings is 1. The number of methoxy groups -OCH3 is 1. The maximum atomic E-state index is 5.41. The predicted molar refractivity (Wildman–Crippen MR) is 94.3 cm³/mol. The summed E-state index contributed by atoms with van der Waals surface area (Å²) in [5.41, 5.74) is 1.20. The van der Waals surface area contributed by atoms with Gasteiger partial charge in [0, 0.05) is 20.1 Å². The zero-order chi connectivity index (χ0) is 15.9. The molecule has 120 valence electrons. The van der Waals surface area contributed by atoms with Gasteiger partial charge < -0.3 is 14.0 Å². The van der Waals surface area contributed by atoms with Crippen molar-refractivity contribution >= 4 is 31.9 Å². The van der Waals surface area contributed by atoms with Crippen molar-refractivity contribution < 1.29 is 9.47 Å². The van der Waals surface area contributed by atoms with E-state index in [0.717, 1.165) is 46.6 Å². The van der Waals surface area contributed by atoms with Crippen molar-refractivity contribution in [3.8, 4) is 5.75 Å². The number of aryl methyl sites for hydroxylation is 1. The first-order chi connectivity index (χ1) is 10.7. The Morgan fingerprint density at radius 3 is 2.55 bits per heavy atom. The number of unbranched alkanes of at least 4 members (excludes halogenated alkanes) is 1. The lowest BCUT2D eigenvalue weighted by atomic mass is 10.2. The van der Waals surface area contributed by atoms with Crippen LogP contribution < -0.4 is 4.74 Å². The third-order valence-corrected chi connectivity index (χ3v) is 5.20. The number of aromatic nitrogens is 2. The smallest absolute Gasteiger partial charge is 0.188 e. The second kappa shape index (κ2) is 8.70. The number of ether oxygens (including phenoxy) is 2. The summed E-state index contributed by atoms with van der Waals surface area (Å²) in [6.45, 7) is 3.24. The number of halogens is 2. The lowest BCUT2D eigenvalue weighted by Crippen LogP contribution is -2.06. The molecular weight excluding hydrogens is 412 g/mol. The maximum absolute atomic E-state index is 5.41. The van der Waals surface area contributed by atoms with Crippen molar-refractivity contribution in [2.45, 2.75) is 32.7 Å². The number of rotatable bonds is 8. The molecule has 0 aliphatic carbocycles. The van der Waals surface area contributed by atoms with E-state index < -0.39 is 0 Å². The first-order valence-corrected chi connectivity index (χ1v) is 8.85. The molecule has 1 heterocycles. The number of benzene rings is 1. The van der Waals surface area contributed by atoms with E-state index in [9.17, 15) is 0 Å². The molecule has 0 spiro atoms. The topological polar surface area (TPSA) is 36.3 Å². The number of hydrogen-bond donors (Lipinski definition) is 0. The van der Waals surface area contributed by atoms with Gasteiger partial charge in [-0.05, 0) is 56.0 Å². The summed E-state index contributed by atoms with van der Waals surface area (Å²) in [5.74, 6) is 1.91. The van der Waals surface area contributed by atoms with Gasteiger partial charge in [-0.3, -0.25) is 0 Å². The summed E-state index contributed by atoms with van der Waals surface area (Å²) in [6.07, 6.45) is 3.28. The Hall–Kier alpha value is -0.850. The minimum Gasteiger partial charge on any atom is -0.468 e. The second-order valence-corrected chi connectivity index (χ2v) is 6.50. The molecule has 0 saturated carbocycles. The standard InChI is InChI=1S/C16H20Br2N2O2/c1-3-4-5-14-19-15(17)16(18)20(14)10-12-6-8-13(9-7-12)22-11-21-2/h6-9H,3-5,10-11H2,1-2H3. The molecule has 0 amide bonds. The molecule has 2 rings (SSSR count). The van der Waals surface area contributed by atoms with Crippen LogP contribution in [0.1, 0.15) is 31.2 Å². The molecular formula is C16H20Br2N2O2. The molecule has 0 unspecified atom stereocenters. The van der Waals surface area contributed by atoms with Gasteiger partial charge in [0.1, 0.15) is 20.8 Å². The molecule has 0 fully saturated rings. The zero-order valence-corrected chi connectivity index (χ0v) is 16.0. The Kier molecular flexibility index (Phi) is 6.92. The van der Waals surface area contributed by atoms with E-state index in [4.69, 9.17) is 9.47 Å². The summed E-state index contributed by atoms with van der Waals surface area (Å²) >= 11 is 7.11. The van der Waals surface area contributed by atoms with E-state index in [1.54, 1.807) is 7.11 Å². The fourth-order valence-electron chi connectivity index (χ4n) is 2.13. The Balaban J connectivity index is 2.12. The van der Waals surface area contributed by atoms with Crippen molar-refractivity contribution in [3.63, 3.8) is 0 Å². The summed E-state index contributed by atoms with van der Waals surface area (Å²) in [5, 5.41) is 0. The van der Waals surface area contributed by atoms with Gasteiger partial charge in [0.05, 0.1) is 0 Å². The van der Waals surface area contributed by atoms with E-state index in [2.05, 4.69) is 60.5 Å². The van der Waals surface area contributed by atoms with Gasteiger partial charge in [0.25, 0.3) is 0 Å². The molecule has 1 aromatic heterocycles. The molecule has 2 aromatic rings. The summed E-state index contributed by atoms with van der Waals surface area (Å²) in [7, 11) is 1.61. The summed E-state index contributed by atoms with van der Waals surface area (Å²) < 4.78 is 14.3. The van der Waals surface area contributed by atoms with Crippen LogP contribution in [0.25, 0.3) is 0 Å². The van der Waals surface area contributed by atoms with E-state index >= 15 is 0 Å². The Bertz CT molecular complexity index is 597. The fourth-order valence-corrected chi connectivity index (χ4v) is 2.97. The lowest BCUT2D eigenvalue weighted by molar-refractivity contribution is 0.0511. The third kappa shape index (κ3) is 4.57. The van der Waals surface area contributed by atoms with E-state index in [0.29, 0.717) is 0 Å². The van der Waals surface area contributed by atoms with Crippen LogP contribution in [0.5, 0.6) is 5.75 Å². The van der Waals surface area contributed by atoms with Crippen molar-refractivity contribution in [2.24, 2.45) is 0 Å².